The van der Waals surface area contributed by atoms with Gasteiger partial charge in [-0.3, -0.25) is 4.79 Å². The Morgan fingerprint density at radius 2 is 1.74 bits per heavy atom. The van der Waals surface area contributed by atoms with E-state index in [1.165, 1.54) is 7.11 Å². The van der Waals surface area contributed by atoms with Crippen LogP contribution in [0.3, 0.4) is 0 Å². The lowest BCUT2D eigenvalue weighted by Gasteiger charge is -2.35. The number of carbonyl (C=O) groups excluding carboxylic acids is 2. The van der Waals surface area contributed by atoms with Gasteiger partial charge in [0.2, 0.25) is 0 Å². The standard InChI is InChI=1S/C23H25N5O3/c1-15-19(23(30)31-3)16(2)25-20(15)22(29)28-13-11-27(12-14-28)18-9-10-24-21(26-18)17-7-5-4-6-8-17/h4-10,25H,11-14H2,1-3H3. The predicted octanol–water partition coefficient (Wildman–Crippen LogP) is 2.84. The first kappa shape index (κ1) is 20.6. The van der Waals surface area contributed by atoms with Crippen LogP contribution < -0.4 is 4.90 Å². The zero-order valence-electron chi connectivity index (χ0n) is 17.9. The summed E-state index contributed by atoms with van der Waals surface area (Å²) in [4.78, 5) is 41.2. The summed E-state index contributed by atoms with van der Waals surface area (Å²) in [5.74, 6) is 0.987. The van der Waals surface area contributed by atoms with Crippen molar-refractivity contribution in [3.8, 4) is 11.4 Å². The maximum Gasteiger partial charge on any atom is 0.339 e. The third-order valence-electron chi connectivity index (χ3n) is 5.60. The van der Waals surface area contributed by atoms with Gasteiger partial charge >= 0.3 is 5.97 Å². The van der Waals surface area contributed by atoms with E-state index >= 15 is 0 Å². The highest BCUT2D eigenvalue weighted by Crippen LogP contribution is 2.22. The van der Waals surface area contributed by atoms with Crippen LogP contribution in [0, 0.1) is 13.8 Å². The lowest BCUT2D eigenvalue weighted by molar-refractivity contribution is 0.0599. The van der Waals surface area contributed by atoms with Crippen molar-refractivity contribution in [3.05, 3.63) is 65.1 Å². The van der Waals surface area contributed by atoms with Gasteiger partial charge in [0.15, 0.2) is 5.82 Å². The fourth-order valence-electron chi connectivity index (χ4n) is 3.92. The molecule has 0 spiro atoms. The summed E-state index contributed by atoms with van der Waals surface area (Å²) in [5, 5.41) is 0. The molecule has 1 N–H and O–H groups in total. The molecule has 31 heavy (non-hydrogen) atoms. The van der Waals surface area contributed by atoms with Gasteiger partial charge in [0.25, 0.3) is 5.91 Å². The first-order chi connectivity index (χ1) is 15.0. The van der Waals surface area contributed by atoms with Gasteiger partial charge in [-0.2, -0.15) is 0 Å². The minimum atomic E-state index is -0.437. The van der Waals surface area contributed by atoms with Crippen LogP contribution in [0.1, 0.15) is 32.1 Å². The molecule has 1 fully saturated rings. The molecule has 0 bridgehead atoms. The average molecular weight is 419 g/mol. The largest absolute Gasteiger partial charge is 0.465 e. The van der Waals surface area contributed by atoms with Crippen LogP contribution in [-0.4, -0.2) is 65.0 Å². The molecule has 0 radical (unpaired) electrons. The van der Waals surface area contributed by atoms with Gasteiger partial charge in [0, 0.05) is 43.6 Å². The smallest absolute Gasteiger partial charge is 0.339 e. The van der Waals surface area contributed by atoms with Crippen molar-refractivity contribution < 1.29 is 14.3 Å². The third-order valence-corrected chi connectivity index (χ3v) is 5.60. The number of nitrogens with one attached hydrogen (secondary N) is 1. The first-order valence-electron chi connectivity index (χ1n) is 10.2. The zero-order chi connectivity index (χ0) is 22.0. The van der Waals surface area contributed by atoms with E-state index in [-0.39, 0.29) is 5.91 Å². The lowest BCUT2D eigenvalue weighted by atomic mass is 10.1. The second kappa shape index (κ2) is 8.59. The van der Waals surface area contributed by atoms with E-state index in [2.05, 4.69) is 14.9 Å². The number of aromatic amines is 1. The second-order valence-corrected chi connectivity index (χ2v) is 7.50. The molecule has 1 amide bonds. The number of methoxy groups -OCH3 is 1. The molecule has 1 aliphatic heterocycles. The number of aromatic nitrogens is 3. The maximum atomic E-state index is 13.1. The lowest BCUT2D eigenvalue weighted by Crippen LogP contribution is -2.49. The van der Waals surface area contributed by atoms with Crippen molar-refractivity contribution >= 4 is 17.7 Å². The summed E-state index contributed by atoms with van der Waals surface area (Å²) >= 11 is 0. The zero-order valence-corrected chi connectivity index (χ0v) is 17.9. The molecule has 4 rings (SSSR count). The Morgan fingerprint density at radius 3 is 2.42 bits per heavy atom. The Labute approximate surface area is 180 Å². The van der Waals surface area contributed by atoms with Gasteiger partial charge in [-0.25, -0.2) is 14.8 Å². The first-order valence-corrected chi connectivity index (χ1v) is 10.2. The summed E-state index contributed by atoms with van der Waals surface area (Å²) in [5.41, 5.74) is 3.11. The average Bonchev–Trinajstić information content (AvgIpc) is 3.12. The molecule has 0 atom stereocenters. The number of hydrogen-bond acceptors (Lipinski definition) is 6. The van der Waals surface area contributed by atoms with Crippen LogP contribution in [-0.2, 0) is 4.74 Å². The number of hydrogen-bond donors (Lipinski definition) is 1. The highest BCUT2D eigenvalue weighted by atomic mass is 16.5. The number of ether oxygens (including phenoxy) is 1. The highest BCUT2D eigenvalue weighted by molar-refractivity contribution is 6.00. The van der Waals surface area contributed by atoms with Crippen molar-refractivity contribution in [3.63, 3.8) is 0 Å². The van der Waals surface area contributed by atoms with Crippen molar-refractivity contribution in [2.24, 2.45) is 0 Å². The van der Waals surface area contributed by atoms with Gasteiger partial charge in [0.05, 0.1) is 12.7 Å². The van der Waals surface area contributed by atoms with E-state index < -0.39 is 5.97 Å². The molecular formula is C23H25N5O3. The van der Waals surface area contributed by atoms with E-state index in [1.54, 1.807) is 24.9 Å². The van der Waals surface area contributed by atoms with Gasteiger partial charge in [-0.15, -0.1) is 0 Å². The van der Waals surface area contributed by atoms with Crippen LogP contribution in [0.25, 0.3) is 11.4 Å². The molecule has 1 aromatic carbocycles. The summed E-state index contributed by atoms with van der Waals surface area (Å²) < 4.78 is 4.84. The number of benzene rings is 1. The number of rotatable bonds is 4. The molecule has 1 saturated heterocycles. The maximum absolute atomic E-state index is 13.1. The SMILES string of the molecule is COC(=O)c1c(C)[nH]c(C(=O)N2CCN(c3ccnc(-c4ccccc4)n3)CC2)c1C. The topological polar surface area (TPSA) is 91.4 Å². The Kier molecular flexibility index (Phi) is 5.70. The number of anilines is 1. The number of carbonyl (C=O) groups is 2. The fourth-order valence-corrected chi connectivity index (χ4v) is 3.92. The Balaban J connectivity index is 1.46. The van der Waals surface area contributed by atoms with Gasteiger partial charge in [0.1, 0.15) is 11.5 Å². The molecule has 3 heterocycles. The molecule has 0 aliphatic carbocycles. The van der Waals surface area contributed by atoms with Crippen LogP contribution in [0.5, 0.6) is 0 Å². The van der Waals surface area contributed by atoms with E-state index in [0.29, 0.717) is 54.5 Å². The minimum Gasteiger partial charge on any atom is -0.465 e. The monoisotopic (exact) mass is 419 g/mol. The van der Waals surface area contributed by atoms with E-state index in [1.807, 2.05) is 36.4 Å². The minimum absolute atomic E-state index is 0.108. The van der Waals surface area contributed by atoms with Crippen LogP contribution in [0.15, 0.2) is 42.6 Å². The van der Waals surface area contributed by atoms with Crippen LogP contribution >= 0.6 is 0 Å². The molecular weight excluding hydrogens is 394 g/mol. The molecule has 8 nitrogen and oxygen atoms in total. The molecule has 1 aliphatic rings. The summed E-state index contributed by atoms with van der Waals surface area (Å²) in [6.45, 7) is 6.00. The molecule has 3 aromatic rings. The fraction of sp³-hybridized carbons (Fsp3) is 0.304. The number of aryl methyl sites for hydroxylation is 1. The van der Waals surface area contributed by atoms with Gasteiger partial charge < -0.3 is 19.5 Å². The van der Waals surface area contributed by atoms with Crippen molar-refractivity contribution in [2.75, 3.05) is 38.2 Å². The van der Waals surface area contributed by atoms with E-state index in [4.69, 9.17) is 9.72 Å². The number of H-pyrrole nitrogens is 1. The molecule has 8 heteroatoms. The highest BCUT2D eigenvalue weighted by Gasteiger charge is 2.28. The number of piperazine rings is 1. The Morgan fingerprint density at radius 1 is 1.03 bits per heavy atom. The summed E-state index contributed by atoms with van der Waals surface area (Å²) in [7, 11) is 1.34. The molecule has 0 saturated carbocycles. The molecule has 0 unspecified atom stereocenters. The van der Waals surface area contributed by atoms with Gasteiger partial charge in [-0.1, -0.05) is 30.3 Å². The number of amides is 1. The third kappa shape index (κ3) is 4.01. The van der Waals surface area contributed by atoms with E-state index in [9.17, 15) is 9.59 Å². The molecule has 2 aromatic heterocycles. The van der Waals surface area contributed by atoms with Crippen LogP contribution in [0.4, 0.5) is 5.82 Å². The molecule has 160 valence electrons. The van der Waals surface area contributed by atoms with Crippen molar-refractivity contribution in [1.29, 1.82) is 0 Å². The van der Waals surface area contributed by atoms with Crippen molar-refractivity contribution in [1.82, 2.24) is 19.9 Å². The second-order valence-electron chi connectivity index (χ2n) is 7.50. The normalized spacial score (nSPS) is 13.9. The summed E-state index contributed by atoms with van der Waals surface area (Å²) in [6, 6.07) is 11.8. The predicted molar refractivity (Wildman–Crippen MR) is 117 cm³/mol. The van der Waals surface area contributed by atoms with E-state index in [0.717, 1.165) is 11.4 Å². The Hall–Kier alpha value is -3.68. The number of esters is 1. The van der Waals surface area contributed by atoms with Crippen molar-refractivity contribution in [2.45, 2.75) is 13.8 Å². The van der Waals surface area contributed by atoms with Gasteiger partial charge in [-0.05, 0) is 25.5 Å². The number of nitrogens with zero attached hydrogens (tertiary/aromatic N) is 4. The summed E-state index contributed by atoms with van der Waals surface area (Å²) in [6.07, 6.45) is 1.77. The quantitative estimate of drug-likeness (QED) is 0.654. The Bertz CT molecular complexity index is 1100. The van der Waals surface area contributed by atoms with Crippen LogP contribution in [0.2, 0.25) is 0 Å².